The van der Waals surface area contributed by atoms with E-state index in [9.17, 15) is 4.79 Å². The molecule has 2 aromatic carbocycles. The van der Waals surface area contributed by atoms with Crippen molar-refractivity contribution in [1.29, 1.82) is 0 Å². The number of rotatable bonds is 4. The van der Waals surface area contributed by atoms with Gasteiger partial charge in [-0.1, -0.05) is 35.0 Å². The van der Waals surface area contributed by atoms with E-state index in [-0.39, 0.29) is 11.7 Å². The van der Waals surface area contributed by atoms with Gasteiger partial charge in [0.2, 0.25) is 5.82 Å². The molecule has 4 aromatic rings. The first kappa shape index (κ1) is 15.8. The predicted octanol–water partition coefficient (Wildman–Crippen LogP) is 4.56. The van der Waals surface area contributed by atoms with E-state index in [4.69, 9.17) is 8.94 Å². The first-order chi connectivity index (χ1) is 12.7. The van der Waals surface area contributed by atoms with E-state index in [1.54, 1.807) is 24.3 Å². The average molecular weight is 345 g/mol. The molecule has 0 fully saturated rings. The van der Waals surface area contributed by atoms with Crippen molar-refractivity contribution in [2.75, 3.05) is 5.32 Å². The second-order valence-corrected chi connectivity index (χ2v) is 5.80. The van der Waals surface area contributed by atoms with E-state index in [1.165, 1.54) is 6.26 Å². The van der Waals surface area contributed by atoms with Gasteiger partial charge in [0, 0.05) is 16.8 Å². The summed E-state index contributed by atoms with van der Waals surface area (Å²) in [6.07, 6.45) is 1.46. The predicted molar refractivity (Wildman–Crippen MR) is 96.6 cm³/mol. The molecule has 0 bridgehead atoms. The molecular weight excluding hydrogens is 330 g/mol. The van der Waals surface area contributed by atoms with Gasteiger partial charge in [0.05, 0.1) is 6.26 Å². The number of hydrogen-bond donors (Lipinski definition) is 1. The highest BCUT2D eigenvalue weighted by Crippen LogP contribution is 2.24. The first-order valence-electron chi connectivity index (χ1n) is 8.05. The number of nitrogens with one attached hydrogen (secondary N) is 1. The van der Waals surface area contributed by atoms with Gasteiger partial charge < -0.3 is 14.3 Å². The minimum Gasteiger partial charge on any atom is -0.459 e. The lowest BCUT2D eigenvalue weighted by atomic mass is 10.1. The Labute approximate surface area is 149 Å². The van der Waals surface area contributed by atoms with E-state index in [0.717, 1.165) is 16.7 Å². The van der Waals surface area contributed by atoms with Crippen LogP contribution in [0.1, 0.15) is 16.1 Å². The van der Waals surface area contributed by atoms with Gasteiger partial charge in [-0.25, -0.2) is 0 Å². The Morgan fingerprint density at radius 1 is 1.00 bits per heavy atom. The van der Waals surface area contributed by atoms with Crippen molar-refractivity contribution in [1.82, 2.24) is 10.1 Å². The van der Waals surface area contributed by atoms with Crippen LogP contribution in [-0.4, -0.2) is 16.0 Å². The number of aryl methyl sites for hydroxylation is 1. The third-order valence-electron chi connectivity index (χ3n) is 3.85. The fourth-order valence-corrected chi connectivity index (χ4v) is 2.49. The molecule has 128 valence electrons. The minimum atomic E-state index is -0.319. The molecule has 0 saturated carbocycles. The fourth-order valence-electron chi connectivity index (χ4n) is 2.49. The van der Waals surface area contributed by atoms with Crippen molar-refractivity contribution in [2.45, 2.75) is 6.92 Å². The van der Waals surface area contributed by atoms with Gasteiger partial charge in [-0.05, 0) is 43.3 Å². The number of carbonyl (C=O) groups is 1. The van der Waals surface area contributed by atoms with Gasteiger partial charge in [0.25, 0.3) is 11.8 Å². The number of hydrogen-bond acceptors (Lipinski definition) is 5. The quantitative estimate of drug-likeness (QED) is 0.586. The number of aromatic nitrogens is 2. The Kier molecular flexibility index (Phi) is 4.07. The molecule has 0 aliphatic heterocycles. The maximum absolute atomic E-state index is 12.1. The van der Waals surface area contributed by atoms with E-state index in [0.29, 0.717) is 17.4 Å². The van der Waals surface area contributed by atoms with Crippen LogP contribution in [0.3, 0.4) is 0 Å². The van der Waals surface area contributed by atoms with Gasteiger partial charge in [0.15, 0.2) is 5.76 Å². The largest absolute Gasteiger partial charge is 0.459 e. The molecule has 6 nitrogen and oxygen atoms in total. The van der Waals surface area contributed by atoms with Gasteiger partial charge in [-0.15, -0.1) is 0 Å². The smallest absolute Gasteiger partial charge is 0.291 e. The van der Waals surface area contributed by atoms with Crippen LogP contribution in [0.2, 0.25) is 0 Å². The highest BCUT2D eigenvalue weighted by molar-refractivity contribution is 6.02. The molecule has 0 atom stereocenters. The summed E-state index contributed by atoms with van der Waals surface area (Å²) >= 11 is 0. The highest BCUT2D eigenvalue weighted by atomic mass is 16.5. The van der Waals surface area contributed by atoms with Crippen LogP contribution < -0.4 is 5.32 Å². The number of furan rings is 1. The van der Waals surface area contributed by atoms with Crippen molar-refractivity contribution < 1.29 is 13.7 Å². The van der Waals surface area contributed by atoms with E-state index < -0.39 is 0 Å². The van der Waals surface area contributed by atoms with Crippen molar-refractivity contribution in [3.8, 4) is 22.8 Å². The molecule has 0 unspecified atom stereocenters. The fraction of sp³-hybridized carbons (Fsp3) is 0.0500. The number of benzene rings is 2. The standard InChI is InChI=1S/C20H15N3O3/c1-13-7-9-14(10-8-13)20-22-18(23-26-20)15-4-2-5-16(12-15)21-19(24)17-6-3-11-25-17/h2-12H,1H3,(H,21,24). The van der Waals surface area contributed by atoms with Crippen LogP contribution in [0.5, 0.6) is 0 Å². The molecule has 0 spiro atoms. The normalized spacial score (nSPS) is 10.7. The Balaban J connectivity index is 1.57. The molecular formula is C20H15N3O3. The Bertz CT molecular complexity index is 1030. The monoisotopic (exact) mass is 345 g/mol. The van der Waals surface area contributed by atoms with Crippen molar-refractivity contribution in [2.24, 2.45) is 0 Å². The molecule has 6 heteroatoms. The zero-order valence-electron chi connectivity index (χ0n) is 14.0. The van der Waals surface area contributed by atoms with Crippen LogP contribution in [0.15, 0.2) is 75.9 Å². The second-order valence-electron chi connectivity index (χ2n) is 5.80. The molecule has 2 heterocycles. The van der Waals surface area contributed by atoms with Crippen LogP contribution >= 0.6 is 0 Å². The second kappa shape index (κ2) is 6.68. The lowest BCUT2D eigenvalue weighted by Crippen LogP contribution is -2.10. The van der Waals surface area contributed by atoms with Crippen LogP contribution in [0, 0.1) is 6.92 Å². The summed E-state index contributed by atoms with van der Waals surface area (Å²) in [4.78, 5) is 16.5. The Morgan fingerprint density at radius 3 is 2.62 bits per heavy atom. The molecule has 2 aromatic heterocycles. The Hall–Kier alpha value is -3.67. The first-order valence-corrected chi connectivity index (χ1v) is 8.05. The van der Waals surface area contributed by atoms with Crippen LogP contribution in [0.25, 0.3) is 22.8 Å². The van der Waals surface area contributed by atoms with Gasteiger partial charge in [0.1, 0.15) is 0 Å². The van der Waals surface area contributed by atoms with E-state index >= 15 is 0 Å². The molecule has 1 amide bonds. The van der Waals surface area contributed by atoms with E-state index in [2.05, 4.69) is 15.5 Å². The van der Waals surface area contributed by atoms with Crippen molar-refractivity contribution in [3.05, 3.63) is 78.3 Å². The summed E-state index contributed by atoms with van der Waals surface area (Å²) in [7, 11) is 0. The number of carbonyl (C=O) groups excluding carboxylic acids is 1. The molecule has 0 aliphatic rings. The summed E-state index contributed by atoms with van der Waals surface area (Å²) in [6, 6.07) is 18.4. The van der Waals surface area contributed by atoms with Crippen molar-refractivity contribution in [3.63, 3.8) is 0 Å². The van der Waals surface area contributed by atoms with Gasteiger partial charge in [-0.3, -0.25) is 4.79 Å². The average Bonchev–Trinajstić information content (AvgIpc) is 3.35. The lowest BCUT2D eigenvalue weighted by molar-refractivity contribution is 0.0996. The zero-order valence-corrected chi connectivity index (χ0v) is 14.0. The summed E-state index contributed by atoms with van der Waals surface area (Å²) < 4.78 is 10.5. The van der Waals surface area contributed by atoms with E-state index in [1.807, 2.05) is 43.3 Å². The number of anilines is 1. The summed E-state index contributed by atoms with van der Waals surface area (Å²) in [5.41, 5.74) is 3.38. The lowest BCUT2D eigenvalue weighted by Gasteiger charge is -2.04. The number of amides is 1. The third kappa shape index (κ3) is 3.25. The number of nitrogens with zero attached hydrogens (tertiary/aromatic N) is 2. The van der Waals surface area contributed by atoms with Gasteiger partial charge >= 0.3 is 0 Å². The molecule has 0 saturated heterocycles. The Morgan fingerprint density at radius 2 is 1.85 bits per heavy atom. The highest BCUT2D eigenvalue weighted by Gasteiger charge is 2.13. The maximum Gasteiger partial charge on any atom is 0.291 e. The van der Waals surface area contributed by atoms with Gasteiger partial charge in [-0.2, -0.15) is 4.98 Å². The summed E-state index contributed by atoms with van der Waals surface area (Å²) in [6.45, 7) is 2.02. The molecule has 4 rings (SSSR count). The molecule has 0 radical (unpaired) electrons. The maximum atomic E-state index is 12.1. The third-order valence-corrected chi connectivity index (χ3v) is 3.85. The molecule has 1 N–H and O–H groups in total. The SMILES string of the molecule is Cc1ccc(-c2nc(-c3cccc(NC(=O)c4ccco4)c3)no2)cc1. The topological polar surface area (TPSA) is 81.2 Å². The van der Waals surface area contributed by atoms with Crippen LogP contribution in [-0.2, 0) is 0 Å². The summed E-state index contributed by atoms with van der Waals surface area (Å²) in [5.74, 6) is 0.830. The minimum absolute atomic E-state index is 0.247. The van der Waals surface area contributed by atoms with Crippen LogP contribution in [0.4, 0.5) is 5.69 Å². The summed E-state index contributed by atoms with van der Waals surface area (Å²) in [5, 5.41) is 6.82. The van der Waals surface area contributed by atoms with Crippen molar-refractivity contribution >= 4 is 11.6 Å². The molecule has 0 aliphatic carbocycles. The zero-order chi connectivity index (χ0) is 17.9. The molecule has 26 heavy (non-hydrogen) atoms.